The highest BCUT2D eigenvalue weighted by Crippen LogP contribution is 2.28. The highest BCUT2D eigenvalue weighted by atomic mass is 35.5. The molecule has 1 aromatic heterocycles. The van der Waals surface area contributed by atoms with E-state index in [4.69, 9.17) is 23.2 Å². The zero-order chi connectivity index (χ0) is 14.0. The smallest absolute Gasteiger partial charge is 0.0514 e. The number of nitrogens with zero attached hydrogens (tertiary/aromatic N) is 1. The third-order valence-corrected chi connectivity index (χ3v) is 4.17. The summed E-state index contributed by atoms with van der Waals surface area (Å²) in [5.74, 6) is 0. The molecule has 104 valence electrons. The van der Waals surface area contributed by atoms with E-state index in [9.17, 15) is 0 Å². The second kappa shape index (κ2) is 5.74. The number of hydrogen-bond donors (Lipinski definition) is 1. The van der Waals surface area contributed by atoms with Crippen LogP contribution in [0.25, 0.3) is 10.9 Å². The second-order valence-corrected chi connectivity index (χ2v) is 6.34. The highest BCUT2D eigenvalue weighted by Gasteiger charge is 2.13. The molecule has 0 bridgehead atoms. The third kappa shape index (κ3) is 3.44. The molecule has 0 saturated heterocycles. The fourth-order valence-corrected chi connectivity index (χ4v) is 2.60. The predicted molar refractivity (Wildman–Crippen MR) is 84.3 cm³/mol. The van der Waals surface area contributed by atoms with Crippen LogP contribution in [0.15, 0.2) is 24.4 Å². The average Bonchev–Trinajstić information content (AvgIpc) is 2.73. The van der Waals surface area contributed by atoms with Crippen LogP contribution in [0.4, 0.5) is 0 Å². The molecule has 0 amide bonds. The Morgan fingerprint density at radius 3 is 2.68 bits per heavy atom. The standard InChI is InChI=1S/C15H20Cl2N2/c1-4-15(2,3)18-6-8-19-7-5-12-13(17)9-11(16)10-14(12)19/h5,7,9-10,18H,4,6,8H2,1-3H3. The molecule has 0 unspecified atom stereocenters. The van der Waals surface area contributed by atoms with Gasteiger partial charge in [0.25, 0.3) is 0 Å². The Hall–Kier alpha value is -0.700. The molecule has 0 radical (unpaired) electrons. The molecule has 2 aromatic rings. The first-order chi connectivity index (χ1) is 8.93. The van der Waals surface area contributed by atoms with E-state index in [2.05, 4.69) is 36.9 Å². The fraction of sp³-hybridized carbons (Fsp3) is 0.467. The summed E-state index contributed by atoms with van der Waals surface area (Å²) in [6.45, 7) is 8.46. The van der Waals surface area contributed by atoms with Gasteiger partial charge in [0.1, 0.15) is 0 Å². The van der Waals surface area contributed by atoms with E-state index < -0.39 is 0 Å². The quantitative estimate of drug-likeness (QED) is 0.845. The molecule has 0 aliphatic heterocycles. The number of fused-ring (bicyclic) bond motifs is 1. The minimum atomic E-state index is 0.179. The predicted octanol–water partition coefficient (Wildman–Crippen LogP) is 4.73. The summed E-state index contributed by atoms with van der Waals surface area (Å²) in [5, 5.41) is 6.00. The number of halogens is 2. The Morgan fingerprint density at radius 1 is 1.26 bits per heavy atom. The highest BCUT2D eigenvalue weighted by molar-refractivity contribution is 6.38. The van der Waals surface area contributed by atoms with Gasteiger partial charge in [0.05, 0.1) is 10.5 Å². The number of nitrogens with one attached hydrogen (secondary N) is 1. The molecule has 0 atom stereocenters. The van der Waals surface area contributed by atoms with Gasteiger partial charge < -0.3 is 9.88 Å². The molecule has 19 heavy (non-hydrogen) atoms. The van der Waals surface area contributed by atoms with Crippen LogP contribution in [0.1, 0.15) is 27.2 Å². The van der Waals surface area contributed by atoms with Crippen molar-refractivity contribution in [2.24, 2.45) is 0 Å². The Balaban J connectivity index is 2.14. The zero-order valence-electron chi connectivity index (χ0n) is 11.6. The molecule has 4 heteroatoms. The van der Waals surface area contributed by atoms with Gasteiger partial charge in [-0.05, 0) is 38.5 Å². The normalized spacial score (nSPS) is 12.3. The van der Waals surface area contributed by atoms with Gasteiger partial charge >= 0.3 is 0 Å². The largest absolute Gasteiger partial charge is 0.346 e. The molecule has 1 aromatic carbocycles. The van der Waals surface area contributed by atoms with Crippen molar-refractivity contribution >= 4 is 34.1 Å². The van der Waals surface area contributed by atoms with Gasteiger partial charge in [0, 0.05) is 35.2 Å². The Kier molecular flexibility index (Phi) is 4.44. The zero-order valence-corrected chi connectivity index (χ0v) is 13.1. The summed E-state index contributed by atoms with van der Waals surface area (Å²) in [6.07, 6.45) is 3.17. The van der Waals surface area contributed by atoms with Gasteiger partial charge in [0.15, 0.2) is 0 Å². The first-order valence-corrected chi connectivity index (χ1v) is 7.37. The van der Waals surface area contributed by atoms with Crippen LogP contribution in [-0.2, 0) is 6.54 Å². The van der Waals surface area contributed by atoms with E-state index in [1.165, 1.54) is 0 Å². The summed E-state index contributed by atoms with van der Waals surface area (Å²) in [4.78, 5) is 0. The Bertz CT molecular complexity index is 573. The summed E-state index contributed by atoms with van der Waals surface area (Å²) in [6, 6.07) is 5.79. The number of rotatable bonds is 5. The molecule has 0 saturated carbocycles. The molecule has 1 N–H and O–H groups in total. The fourth-order valence-electron chi connectivity index (χ4n) is 2.05. The summed E-state index contributed by atoms with van der Waals surface area (Å²) >= 11 is 12.3. The van der Waals surface area contributed by atoms with Crippen LogP contribution >= 0.6 is 23.2 Å². The maximum Gasteiger partial charge on any atom is 0.0514 e. The molecule has 2 rings (SSSR count). The minimum Gasteiger partial charge on any atom is -0.346 e. The van der Waals surface area contributed by atoms with Crippen LogP contribution in [0.3, 0.4) is 0 Å². The van der Waals surface area contributed by atoms with Crippen molar-refractivity contribution in [3.8, 4) is 0 Å². The maximum atomic E-state index is 6.19. The van der Waals surface area contributed by atoms with Crippen LogP contribution in [0.5, 0.6) is 0 Å². The molecular formula is C15H20Cl2N2. The lowest BCUT2D eigenvalue weighted by molar-refractivity contribution is 0.369. The summed E-state index contributed by atoms with van der Waals surface area (Å²) in [7, 11) is 0. The van der Waals surface area contributed by atoms with Gasteiger partial charge in [-0.25, -0.2) is 0 Å². The van der Waals surface area contributed by atoms with Crippen molar-refractivity contribution in [1.82, 2.24) is 9.88 Å². The first-order valence-electron chi connectivity index (χ1n) is 6.62. The minimum absolute atomic E-state index is 0.179. The number of benzene rings is 1. The van der Waals surface area contributed by atoms with Crippen LogP contribution < -0.4 is 5.32 Å². The van der Waals surface area contributed by atoms with E-state index in [1.807, 2.05) is 12.1 Å². The third-order valence-electron chi connectivity index (χ3n) is 3.64. The second-order valence-electron chi connectivity index (χ2n) is 5.49. The Labute approximate surface area is 124 Å². The van der Waals surface area contributed by atoms with Crippen molar-refractivity contribution in [3.05, 3.63) is 34.4 Å². The van der Waals surface area contributed by atoms with E-state index in [1.54, 1.807) is 6.07 Å². The maximum absolute atomic E-state index is 6.19. The van der Waals surface area contributed by atoms with Gasteiger partial charge in [0.2, 0.25) is 0 Å². The lowest BCUT2D eigenvalue weighted by atomic mass is 10.0. The topological polar surface area (TPSA) is 17.0 Å². The molecular weight excluding hydrogens is 279 g/mol. The van der Waals surface area contributed by atoms with Crippen LogP contribution in [-0.4, -0.2) is 16.7 Å². The SMILES string of the molecule is CCC(C)(C)NCCn1ccc2c(Cl)cc(Cl)cc21. The average molecular weight is 299 g/mol. The van der Waals surface area contributed by atoms with Crippen LogP contribution in [0.2, 0.25) is 10.0 Å². The van der Waals surface area contributed by atoms with E-state index in [-0.39, 0.29) is 5.54 Å². The first kappa shape index (κ1) is 14.7. The van der Waals surface area contributed by atoms with Gasteiger partial charge in [-0.2, -0.15) is 0 Å². The molecule has 0 aliphatic carbocycles. The Morgan fingerprint density at radius 2 is 2.00 bits per heavy atom. The van der Waals surface area contributed by atoms with Crippen LogP contribution in [0, 0.1) is 0 Å². The van der Waals surface area contributed by atoms with Gasteiger partial charge in [-0.15, -0.1) is 0 Å². The van der Waals surface area contributed by atoms with E-state index in [0.29, 0.717) is 10.0 Å². The monoisotopic (exact) mass is 298 g/mol. The lowest BCUT2D eigenvalue weighted by Crippen LogP contribution is -2.40. The number of aromatic nitrogens is 1. The van der Waals surface area contributed by atoms with Crippen molar-refractivity contribution in [2.75, 3.05) is 6.54 Å². The molecule has 2 nitrogen and oxygen atoms in total. The molecule has 0 fully saturated rings. The molecule has 0 aliphatic rings. The summed E-state index contributed by atoms with van der Waals surface area (Å²) < 4.78 is 2.19. The number of hydrogen-bond acceptors (Lipinski definition) is 1. The van der Waals surface area contributed by atoms with Gasteiger partial charge in [-0.3, -0.25) is 0 Å². The van der Waals surface area contributed by atoms with E-state index in [0.717, 1.165) is 30.4 Å². The summed E-state index contributed by atoms with van der Waals surface area (Å²) in [5.41, 5.74) is 1.27. The van der Waals surface area contributed by atoms with Crippen molar-refractivity contribution < 1.29 is 0 Å². The van der Waals surface area contributed by atoms with Gasteiger partial charge in [-0.1, -0.05) is 30.1 Å². The van der Waals surface area contributed by atoms with Crippen molar-refractivity contribution in [3.63, 3.8) is 0 Å². The van der Waals surface area contributed by atoms with Crippen molar-refractivity contribution in [2.45, 2.75) is 39.3 Å². The van der Waals surface area contributed by atoms with Crippen molar-refractivity contribution in [1.29, 1.82) is 0 Å². The lowest BCUT2D eigenvalue weighted by Gasteiger charge is -2.24. The molecule has 1 heterocycles. The molecule has 0 spiro atoms. The van der Waals surface area contributed by atoms with E-state index >= 15 is 0 Å².